The molecule has 1 aliphatic rings. The summed E-state index contributed by atoms with van der Waals surface area (Å²) in [5, 5.41) is 54.1. The topological polar surface area (TPSA) is 175 Å². The van der Waals surface area contributed by atoms with E-state index in [1.165, 1.54) is 128 Å². The average molecular weight is 976 g/mol. The molecule has 0 bridgehead atoms. The number of aliphatic hydroxyl groups is 5. The molecule has 1 saturated heterocycles. The second-order valence-electron chi connectivity index (χ2n) is 19.7. The van der Waals surface area contributed by atoms with Crippen molar-refractivity contribution in [1.29, 1.82) is 0 Å². The number of rotatable bonds is 48. The van der Waals surface area contributed by atoms with Crippen LogP contribution in [0.1, 0.15) is 245 Å². The van der Waals surface area contributed by atoms with Gasteiger partial charge in [-0.1, -0.05) is 191 Å². The molecule has 0 radical (unpaired) electrons. The Morgan fingerprint density at radius 3 is 1.49 bits per heavy atom. The van der Waals surface area contributed by atoms with Crippen LogP contribution >= 0.6 is 0 Å². The summed E-state index contributed by atoms with van der Waals surface area (Å²) in [4.78, 5) is 25.0. The fourth-order valence-corrected chi connectivity index (χ4v) is 8.59. The van der Waals surface area contributed by atoms with E-state index < -0.39 is 49.5 Å². The fourth-order valence-electron chi connectivity index (χ4n) is 8.59. The van der Waals surface area contributed by atoms with Crippen molar-refractivity contribution in [2.45, 2.75) is 288 Å². The Labute approximate surface area is 421 Å². The first kappa shape index (κ1) is 64.6. The summed E-state index contributed by atoms with van der Waals surface area (Å²) in [6.07, 6.45) is 49.2. The highest BCUT2D eigenvalue weighted by molar-refractivity contribution is 5.76. The second-order valence-corrected chi connectivity index (χ2v) is 19.7. The molecule has 1 heterocycles. The molecule has 6 N–H and O–H groups in total. The van der Waals surface area contributed by atoms with Crippen LogP contribution < -0.4 is 5.32 Å². The lowest BCUT2D eigenvalue weighted by atomic mass is 9.99. The van der Waals surface area contributed by atoms with Gasteiger partial charge in [0, 0.05) is 12.8 Å². The Morgan fingerprint density at radius 1 is 0.536 bits per heavy atom. The molecule has 0 aromatic carbocycles. The summed E-state index contributed by atoms with van der Waals surface area (Å²) in [6, 6.07) is -0.817. The van der Waals surface area contributed by atoms with Crippen molar-refractivity contribution in [3.05, 3.63) is 48.6 Å². The highest BCUT2D eigenvalue weighted by atomic mass is 16.7. The van der Waals surface area contributed by atoms with E-state index in [2.05, 4.69) is 55.6 Å². The van der Waals surface area contributed by atoms with E-state index in [1.54, 1.807) is 6.08 Å². The lowest BCUT2D eigenvalue weighted by Crippen LogP contribution is -2.60. The van der Waals surface area contributed by atoms with Gasteiger partial charge in [0.05, 0.1) is 32.0 Å². The molecule has 69 heavy (non-hydrogen) atoms. The normalized spacial score (nSPS) is 19.7. The summed E-state index contributed by atoms with van der Waals surface area (Å²) in [6.45, 7) is 4.24. The maximum absolute atomic E-state index is 13.0. The lowest BCUT2D eigenvalue weighted by molar-refractivity contribution is -0.302. The third-order valence-corrected chi connectivity index (χ3v) is 13.2. The first-order chi connectivity index (χ1) is 33.7. The van der Waals surface area contributed by atoms with Gasteiger partial charge in [0.2, 0.25) is 5.91 Å². The molecule has 402 valence electrons. The molecule has 0 aromatic rings. The van der Waals surface area contributed by atoms with Crippen molar-refractivity contribution >= 4 is 11.9 Å². The zero-order valence-corrected chi connectivity index (χ0v) is 44.0. The van der Waals surface area contributed by atoms with Crippen LogP contribution in [-0.2, 0) is 23.8 Å². The highest BCUT2D eigenvalue weighted by Crippen LogP contribution is 2.23. The van der Waals surface area contributed by atoms with Crippen molar-refractivity contribution in [1.82, 2.24) is 5.32 Å². The van der Waals surface area contributed by atoms with E-state index in [-0.39, 0.29) is 18.5 Å². The standard InChI is InChI=1S/C58H105NO10/c1-3-5-7-9-11-13-14-22-26-30-34-38-42-46-54(63)67-47-43-39-35-31-27-24-21-19-17-15-16-18-20-23-25-29-33-37-41-45-53(62)59-50(51(61)44-40-36-32-28-12-10-8-6-4-2)49-68-58-57(66)56(65)55(64)52(48-60)69-58/h13-14,19,21,24,27,40,44,50-52,55-58,60-61,64-66H,3-12,15-18,20,22-23,25-26,28-39,41-43,45-49H2,1-2H3,(H,59,62)/b14-13-,21-19-,27-24-,44-40+. The van der Waals surface area contributed by atoms with Gasteiger partial charge in [-0.3, -0.25) is 9.59 Å². The molecule has 1 aliphatic heterocycles. The quantitative estimate of drug-likeness (QED) is 0.0149. The summed E-state index contributed by atoms with van der Waals surface area (Å²) in [5.74, 6) is -0.233. The van der Waals surface area contributed by atoms with Gasteiger partial charge < -0.3 is 45.1 Å². The molecule has 1 amide bonds. The predicted octanol–water partition coefficient (Wildman–Crippen LogP) is 12.5. The number of nitrogens with one attached hydrogen (secondary N) is 1. The third kappa shape index (κ3) is 38.0. The van der Waals surface area contributed by atoms with Gasteiger partial charge in [0.1, 0.15) is 24.4 Å². The van der Waals surface area contributed by atoms with Gasteiger partial charge >= 0.3 is 5.97 Å². The molecule has 0 spiro atoms. The third-order valence-electron chi connectivity index (χ3n) is 13.2. The molecule has 11 nitrogen and oxygen atoms in total. The van der Waals surface area contributed by atoms with Gasteiger partial charge in [-0.25, -0.2) is 0 Å². The maximum atomic E-state index is 13.0. The van der Waals surface area contributed by atoms with E-state index in [4.69, 9.17) is 14.2 Å². The minimum absolute atomic E-state index is 0.0383. The van der Waals surface area contributed by atoms with Crippen molar-refractivity contribution in [3.63, 3.8) is 0 Å². The van der Waals surface area contributed by atoms with Crippen molar-refractivity contribution in [2.75, 3.05) is 19.8 Å². The Kier molecular flexibility index (Phi) is 44.9. The van der Waals surface area contributed by atoms with Crippen molar-refractivity contribution in [2.24, 2.45) is 0 Å². The van der Waals surface area contributed by atoms with Gasteiger partial charge in [-0.2, -0.15) is 0 Å². The number of unbranched alkanes of at least 4 members (excludes halogenated alkanes) is 29. The SMILES string of the molecule is CCCCCC/C=C\CCCCCCCC(=O)OCCCCC/C=C\C=C/CCCCCCCCCCCCC(=O)NC(COC1OC(CO)C(O)C(O)C1O)C(O)/C=C/CCCCCCCCC. The maximum Gasteiger partial charge on any atom is 0.305 e. The van der Waals surface area contributed by atoms with Gasteiger partial charge in [-0.15, -0.1) is 0 Å². The number of carbonyl (C=O) groups is 2. The van der Waals surface area contributed by atoms with E-state index in [9.17, 15) is 35.1 Å². The molecule has 1 fully saturated rings. The van der Waals surface area contributed by atoms with Gasteiger partial charge in [0.15, 0.2) is 6.29 Å². The van der Waals surface area contributed by atoms with E-state index in [0.717, 1.165) is 89.9 Å². The number of aliphatic hydroxyl groups excluding tert-OH is 5. The van der Waals surface area contributed by atoms with Crippen LogP contribution in [0.5, 0.6) is 0 Å². The smallest absolute Gasteiger partial charge is 0.305 e. The van der Waals surface area contributed by atoms with Crippen LogP contribution in [-0.4, -0.2) is 100 Å². The van der Waals surface area contributed by atoms with E-state index in [0.29, 0.717) is 19.4 Å². The summed E-state index contributed by atoms with van der Waals surface area (Å²) in [5.41, 5.74) is 0. The minimum atomic E-state index is -1.57. The van der Waals surface area contributed by atoms with Crippen LogP contribution in [0.2, 0.25) is 0 Å². The van der Waals surface area contributed by atoms with Crippen LogP contribution in [0.25, 0.3) is 0 Å². The molecule has 0 aromatic heterocycles. The minimum Gasteiger partial charge on any atom is -0.466 e. The van der Waals surface area contributed by atoms with E-state index >= 15 is 0 Å². The molecular weight excluding hydrogens is 871 g/mol. The predicted molar refractivity (Wildman–Crippen MR) is 283 cm³/mol. The van der Waals surface area contributed by atoms with Gasteiger partial charge in [0.25, 0.3) is 0 Å². The number of carbonyl (C=O) groups excluding carboxylic acids is 2. The molecule has 0 saturated carbocycles. The summed E-state index contributed by atoms with van der Waals surface area (Å²) in [7, 11) is 0. The summed E-state index contributed by atoms with van der Waals surface area (Å²) >= 11 is 0. The fraction of sp³-hybridized carbons (Fsp3) is 0.828. The van der Waals surface area contributed by atoms with Crippen molar-refractivity contribution in [3.8, 4) is 0 Å². The molecule has 11 heteroatoms. The Bertz CT molecular complexity index is 1290. The van der Waals surface area contributed by atoms with Crippen molar-refractivity contribution < 1.29 is 49.3 Å². The number of hydrogen-bond acceptors (Lipinski definition) is 10. The number of esters is 1. The van der Waals surface area contributed by atoms with Crippen LogP contribution in [0, 0.1) is 0 Å². The van der Waals surface area contributed by atoms with Gasteiger partial charge in [-0.05, 0) is 89.9 Å². The van der Waals surface area contributed by atoms with Crippen LogP contribution in [0.4, 0.5) is 0 Å². The lowest BCUT2D eigenvalue weighted by Gasteiger charge is -2.40. The van der Waals surface area contributed by atoms with Crippen LogP contribution in [0.3, 0.4) is 0 Å². The second kappa shape index (κ2) is 47.9. The first-order valence-corrected chi connectivity index (χ1v) is 28.4. The molecule has 0 aliphatic carbocycles. The number of ether oxygens (including phenoxy) is 3. The monoisotopic (exact) mass is 976 g/mol. The zero-order valence-electron chi connectivity index (χ0n) is 44.0. The number of amides is 1. The first-order valence-electron chi connectivity index (χ1n) is 28.4. The Hall–Kier alpha value is -2.38. The molecule has 7 unspecified atom stereocenters. The highest BCUT2D eigenvalue weighted by Gasteiger charge is 2.44. The molecule has 7 atom stereocenters. The molecule has 1 rings (SSSR count). The Balaban J connectivity index is 2.08. The van der Waals surface area contributed by atoms with E-state index in [1.807, 2.05) is 6.08 Å². The average Bonchev–Trinajstić information content (AvgIpc) is 3.34. The molecular formula is C58H105NO10. The summed E-state index contributed by atoms with van der Waals surface area (Å²) < 4.78 is 16.6. The van der Waals surface area contributed by atoms with Crippen LogP contribution in [0.15, 0.2) is 48.6 Å². The number of allylic oxidation sites excluding steroid dienone is 7. The number of hydrogen-bond donors (Lipinski definition) is 6. The Morgan fingerprint density at radius 2 is 0.971 bits per heavy atom. The zero-order chi connectivity index (χ0) is 50.3. The largest absolute Gasteiger partial charge is 0.466 e.